The van der Waals surface area contributed by atoms with E-state index in [-0.39, 0.29) is 37.5 Å². The first-order valence-corrected chi connectivity index (χ1v) is 26.7. The van der Waals surface area contributed by atoms with Gasteiger partial charge in [0.25, 0.3) is 0 Å². The van der Waals surface area contributed by atoms with E-state index in [1.54, 1.807) is 0 Å². The summed E-state index contributed by atoms with van der Waals surface area (Å²) in [7, 11) is 0. The number of carbonyl (C=O) groups is 3. The summed E-state index contributed by atoms with van der Waals surface area (Å²) in [6, 6.07) is 0. The van der Waals surface area contributed by atoms with Crippen LogP contribution in [-0.2, 0) is 28.6 Å². The summed E-state index contributed by atoms with van der Waals surface area (Å²) in [6.45, 7) is 6.26. The molecular formula is C61H96O6. The molecule has 0 saturated heterocycles. The molecular weight excluding hydrogens is 829 g/mol. The lowest BCUT2D eigenvalue weighted by Gasteiger charge is -2.18. The molecule has 0 amide bonds. The fourth-order valence-electron chi connectivity index (χ4n) is 6.75. The first-order valence-electron chi connectivity index (χ1n) is 26.7. The van der Waals surface area contributed by atoms with E-state index in [2.05, 4.69) is 118 Å². The number of carbonyl (C=O) groups excluding carboxylic acids is 3. The van der Waals surface area contributed by atoms with Crippen molar-refractivity contribution in [1.82, 2.24) is 0 Å². The zero-order valence-corrected chi connectivity index (χ0v) is 42.9. The Morgan fingerprint density at radius 1 is 0.328 bits per heavy atom. The Balaban J connectivity index is 4.53. The van der Waals surface area contributed by atoms with Crippen molar-refractivity contribution in [2.24, 2.45) is 0 Å². The molecule has 0 aromatic heterocycles. The van der Waals surface area contributed by atoms with Crippen LogP contribution < -0.4 is 0 Å². The summed E-state index contributed by atoms with van der Waals surface area (Å²) in [5, 5.41) is 0. The molecule has 0 aliphatic rings. The van der Waals surface area contributed by atoms with Gasteiger partial charge in [-0.05, 0) is 109 Å². The SMILES string of the molecule is CC\C=C/C=C\C=C/C=C\CCCCCC(=O)OCC(COC(=O)CCCCCCCCCCC/C=C\C/C=C\C/C=C\CC)OC(=O)CCC/C=C\C/C=C\C/C=C\C/C=C\CCCCC. The highest BCUT2D eigenvalue weighted by molar-refractivity contribution is 5.71. The zero-order chi connectivity index (χ0) is 48.6. The van der Waals surface area contributed by atoms with Gasteiger partial charge in [-0.3, -0.25) is 14.4 Å². The summed E-state index contributed by atoms with van der Waals surface area (Å²) in [4.78, 5) is 38.0. The molecule has 1 atom stereocenters. The summed E-state index contributed by atoms with van der Waals surface area (Å²) in [5.74, 6) is -1.03. The van der Waals surface area contributed by atoms with Crippen LogP contribution in [0, 0.1) is 0 Å². The van der Waals surface area contributed by atoms with Crippen molar-refractivity contribution in [3.8, 4) is 0 Å². The molecule has 0 aromatic rings. The van der Waals surface area contributed by atoms with E-state index in [9.17, 15) is 14.4 Å². The number of hydrogen-bond acceptors (Lipinski definition) is 6. The van der Waals surface area contributed by atoms with Crippen molar-refractivity contribution in [1.29, 1.82) is 0 Å². The van der Waals surface area contributed by atoms with Gasteiger partial charge in [0.15, 0.2) is 6.10 Å². The first-order chi connectivity index (χ1) is 33.0. The minimum atomic E-state index is -0.830. The quantitative estimate of drug-likeness (QED) is 0.0199. The summed E-state index contributed by atoms with van der Waals surface area (Å²) in [6.07, 6.45) is 75.9. The molecule has 0 aliphatic heterocycles. The maximum Gasteiger partial charge on any atom is 0.306 e. The molecule has 0 radical (unpaired) electrons. The maximum atomic E-state index is 12.8. The van der Waals surface area contributed by atoms with E-state index >= 15 is 0 Å². The summed E-state index contributed by atoms with van der Waals surface area (Å²) < 4.78 is 16.7. The summed E-state index contributed by atoms with van der Waals surface area (Å²) >= 11 is 0. The van der Waals surface area contributed by atoms with Crippen LogP contribution in [0.15, 0.2) is 134 Å². The molecule has 0 N–H and O–H groups in total. The Morgan fingerprint density at radius 3 is 1.15 bits per heavy atom. The molecule has 376 valence electrons. The van der Waals surface area contributed by atoms with Crippen molar-refractivity contribution in [3.63, 3.8) is 0 Å². The average molecular weight is 925 g/mol. The number of ether oxygens (including phenoxy) is 3. The van der Waals surface area contributed by atoms with Crippen LogP contribution in [0.1, 0.15) is 213 Å². The highest BCUT2D eigenvalue weighted by atomic mass is 16.6. The fraction of sp³-hybridized carbons (Fsp3) is 0.590. The predicted octanol–water partition coefficient (Wildman–Crippen LogP) is 17.9. The molecule has 0 fully saturated rings. The number of unbranched alkanes of at least 4 members (excludes halogenated alkanes) is 16. The molecule has 6 heteroatoms. The lowest BCUT2D eigenvalue weighted by Crippen LogP contribution is -2.30. The van der Waals surface area contributed by atoms with E-state index in [4.69, 9.17) is 14.2 Å². The third-order valence-corrected chi connectivity index (χ3v) is 10.7. The highest BCUT2D eigenvalue weighted by Crippen LogP contribution is 2.13. The number of esters is 3. The molecule has 0 aliphatic carbocycles. The Kier molecular flexibility index (Phi) is 50.6. The smallest absolute Gasteiger partial charge is 0.306 e. The van der Waals surface area contributed by atoms with Crippen molar-refractivity contribution >= 4 is 17.9 Å². The van der Waals surface area contributed by atoms with Gasteiger partial charge >= 0.3 is 17.9 Å². The molecule has 0 spiro atoms. The van der Waals surface area contributed by atoms with Crippen LogP contribution in [0.3, 0.4) is 0 Å². The molecule has 0 heterocycles. The minimum absolute atomic E-state index is 0.120. The Morgan fingerprint density at radius 2 is 0.672 bits per heavy atom. The Labute approximate surface area is 411 Å². The third-order valence-electron chi connectivity index (χ3n) is 10.7. The standard InChI is InChI=1S/C61H96O6/c1-4-7-10-13-16-19-22-25-27-29-30-32-33-36-39-42-45-48-51-54-60(63)66-57-58(56-65-59(62)53-50-47-44-41-38-35-24-21-18-15-12-9-6-3)67-61(64)55-52-49-46-43-40-37-34-31-28-26-23-20-17-14-11-8-5-2/h7,9-10,12,15-21,24-28,34-35,37-38,43,46,58H,4-6,8,11,13-14,22-23,29-33,36,39-42,44-45,47-57H2,1-3H3/b10-7-,12-9-,18-15-,19-16-,20-17-,24-21-,27-25-,28-26-,37-34-,38-35-,46-43-. The van der Waals surface area contributed by atoms with Crippen LogP contribution in [0.4, 0.5) is 0 Å². The van der Waals surface area contributed by atoms with E-state index < -0.39 is 6.10 Å². The maximum absolute atomic E-state index is 12.8. The third kappa shape index (κ3) is 52.4. The second-order valence-electron chi connectivity index (χ2n) is 17.1. The fourth-order valence-corrected chi connectivity index (χ4v) is 6.75. The molecule has 6 nitrogen and oxygen atoms in total. The second-order valence-corrected chi connectivity index (χ2v) is 17.1. The van der Waals surface area contributed by atoms with E-state index in [1.165, 1.54) is 64.2 Å². The van der Waals surface area contributed by atoms with E-state index in [0.717, 1.165) is 103 Å². The molecule has 0 saturated carbocycles. The van der Waals surface area contributed by atoms with Gasteiger partial charge in [-0.25, -0.2) is 0 Å². The van der Waals surface area contributed by atoms with E-state index in [0.29, 0.717) is 19.3 Å². The van der Waals surface area contributed by atoms with Gasteiger partial charge in [0.2, 0.25) is 0 Å². The molecule has 0 aromatic carbocycles. The second kappa shape index (κ2) is 54.2. The van der Waals surface area contributed by atoms with Gasteiger partial charge in [0.1, 0.15) is 13.2 Å². The number of hydrogen-bond donors (Lipinski definition) is 0. The van der Waals surface area contributed by atoms with Crippen molar-refractivity contribution in [2.75, 3.05) is 13.2 Å². The lowest BCUT2D eigenvalue weighted by molar-refractivity contribution is -0.167. The average Bonchev–Trinajstić information content (AvgIpc) is 3.33. The van der Waals surface area contributed by atoms with Gasteiger partial charge in [-0.15, -0.1) is 0 Å². The normalized spacial score (nSPS) is 13.2. The van der Waals surface area contributed by atoms with E-state index in [1.807, 2.05) is 36.5 Å². The predicted molar refractivity (Wildman–Crippen MR) is 288 cm³/mol. The minimum Gasteiger partial charge on any atom is -0.462 e. The summed E-state index contributed by atoms with van der Waals surface area (Å²) in [5.41, 5.74) is 0. The monoisotopic (exact) mass is 925 g/mol. The topological polar surface area (TPSA) is 78.9 Å². The number of rotatable bonds is 46. The van der Waals surface area contributed by atoms with Crippen molar-refractivity contribution in [3.05, 3.63) is 134 Å². The van der Waals surface area contributed by atoms with Gasteiger partial charge in [-0.1, -0.05) is 219 Å². The molecule has 0 bridgehead atoms. The van der Waals surface area contributed by atoms with Crippen molar-refractivity contribution < 1.29 is 28.6 Å². The van der Waals surface area contributed by atoms with Crippen LogP contribution in [-0.4, -0.2) is 37.2 Å². The van der Waals surface area contributed by atoms with Gasteiger partial charge in [0, 0.05) is 19.3 Å². The van der Waals surface area contributed by atoms with Crippen molar-refractivity contribution in [2.45, 2.75) is 219 Å². The van der Waals surface area contributed by atoms with Crippen LogP contribution in [0.2, 0.25) is 0 Å². The number of allylic oxidation sites excluding steroid dienone is 22. The van der Waals surface area contributed by atoms with Crippen LogP contribution >= 0.6 is 0 Å². The largest absolute Gasteiger partial charge is 0.462 e. The highest BCUT2D eigenvalue weighted by Gasteiger charge is 2.19. The molecule has 1 unspecified atom stereocenters. The molecule has 67 heavy (non-hydrogen) atoms. The Hall–Kier alpha value is -4.45. The van der Waals surface area contributed by atoms with Gasteiger partial charge in [-0.2, -0.15) is 0 Å². The van der Waals surface area contributed by atoms with Gasteiger partial charge < -0.3 is 14.2 Å². The Bertz CT molecular complexity index is 1480. The zero-order valence-electron chi connectivity index (χ0n) is 42.9. The van der Waals surface area contributed by atoms with Crippen LogP contribution in [0.5, 0.6) is 0 Å². The first kappa shape index (κ1) is 62.5. The van der Waals surface area contributed by atoms with Gasteiger partial charge in [0.05, 0.1) is 0 Å². The van der Waals surface area contributed by atoms with Crippen LogP contribution in [0.25, 0.3) is 0 Å². The molecule has 0 rings (SSSR count). The lowest BCUT2D eigenvalue weighted by atomic mass is 10.1.